The van der Waals surface area contributed by atoms with Gasteiger partial charge >= 0.3 is 5.97 Å². The molecule has 2 aliphatic rings. The number of aliphatic hydroxyl groups excluding tert-OH is 1. The minimum absolute atomic E-state index is 0.107. The van der Waals surface area contributed by atoms with Crippen molar-refractivity contribution in [2.75, 3.05) is 7.11 Å². The lowest BCUT2D eigenvalue weighted by atomic mass is 9.66. The molecule has 2 N–H and O–H groups in total. The zero-order valence-corrected chi connectivity index (χ0v) is 14.5. The summed E-state index contributed by atoms with van der Waals surface area (Å²) >= 11 is 0. The normalized spacial score (nSPS) is 31.9. The monoisotopic (exact) mass is 340 g/mol. The number of fused-ring (bicyclic) bond motifs is 1. The Kier molecular flexibility index (Phi) is 6.99. The number of carbonyl (C=O) groups is 1. The number of hydrogen-bond acceptors (Lipinski definition) is 3. The first kappa shape index (κ1) is 19.1. The fraction of sp³-hybridized carbons (Fsp3) is 0.737. The van der Waals surface area contributed by atoms with E-state index >= 15 is 0 Å². The van der Waals surface area contributed by atoms with Crippen molar-refractivity contribution in [3.05, 3.63) is 23.8 Å². The number of ether oxygens (including phenoxy) is 1. The number of methoxy groups -OCH3 is 1. The molecule has 0 aromatic heterocycles. The van der Waals surface area contributed by atoms with Crippen LogP contribution in [0.15, 0.2) is 23.8 Å². The summed E-state index contributed by atoms with van der Waals surface area (Å²) in [6.07, 6.45) is 7.25. The highest BCUT2D eigenvalue weighted by Gasteiger charge is 2.38. The van der Waals surface area contributed by atoms with Crippen molar-refractivity contribution in [1.82, 2.24) is 0 Å². The van der Waals surface area contributed by atoms with Gasteiger partial charge in [-0.3, -0.25) is 4.79 Å². The molecule has 0 saturated heterocycles. The van der Waals surface area contributed by atoms with E-state index in [4.69, 9.17) is 9.84 Å². The number of hydrogen-bond donors (Lipinski definition) is 2. The second-order valence-electron chi connectivity index (χ2n) is 7.13. The van der Waals surface area contributed by atoms with Crippen molar-refractivity contribution in [3.63, 3.8) is 0 Å². The van der Waals surface area contributed by atoms with Crippen LogP contribution in [-0.4, -0.2) is 41.7 Å². The van der Waals surface area contributed by atoms with Gasteiger partial charge in [-0.25, -0.2) is 4.39 Å². The van der Waals surface area contributed by atoms with Gasteiger partial charge in [0, 0.05) is 19.4 Å². The van der Waals surface area contributed by atoms with E-state index < -0.39 is 24.7 Å². The van der Waals surface area contributed by atoms with Crippen LogP contribution in [0.5, 0.6) is 0 Å². The standard InChI is InChI=1S/C19H29FO4/c1-12-6-7-13-4-3-5-17(24-2)19(13)16(12)9-8-15(21)10-14(20)11-18(22)23/h4,6-7,12,14-17,19,21H,3,5,8-11H2,1-2H3,(H,22,23)/t12-,14-,15+,16-,17-,19?/m0/s1. The summed E-state index contributed by atoms with van der Waals surface area (Å²) in [6, 6.07) is 0. The summed E-state index contributed by atoms with van der Waals surface area (Å²) in [5.74, 6) is -0.0919. The van der Waals surface area contributed by atoms with Crippen LogP contribution in [0.3, 0.4) is 0 Å². The number of aliphatic carboxylic acids is 1. The fourth-order valence-corrected chi connectivity index (χ4v) is 4.16. The maximum absolute atomic E-state index is 13.6. The Morgan fingerprint density at radius 2 is 2.25 bits per heavy atom. The van der Waals surface area contributed by atoms with E-state index in [9.17, 15) is 14.3 Å². The summed E-state index contributed by atoms with van der Waals surface area (Å²) in [7, 11) is 1.75. The Balaban J connectivity index is 1.94. The van der Waals surface area contributed by atoms with Crippen LogP contribution in [0.4, 0.5) is 4.39 Å². The summed E-state index contributed by atoms with van der Waals surface area (Å²) in [4.78, 5) is 10.5. The predicted molar refractivity (Wildman–Crippen MR) is 90.4 cm³/mol. The highest BCUT2D eigenvalue weighted by molar-refractivity contribution is 5.67. The van der Waals surface area contributed by atoms with Crippen LogP contribution >= 0.6 is 0 Å². The molecule has 0 heterocycles. The SMILES string of the molecule is CO[C@H]1CCC=C2C=C[C@H](C)[C@H](CC[C@@H](O)C[C@H](F)CC(=O)O)C21. The molecular formula is C19H29FO4. The van der Waals surface area contributed by atoms with Crippen LogP contribution in [-0.2, 0) is 9.53 Å². The molecule has 5 heteroatoms. The molecule has 24 heavy (non-hydrogen) atoms. The molecule has 0 aromatic rings. The number of aliphatic hydroxyl groups is 1. The molecule has 0 saturated carbocycles. The van der Waals surface area contributed by atoms with Crippen molar-refractivity contribution in [1.29, 1.82) is 0 Å². The molecule has 1 unspecified atom stereocenters. The van der Waals surface area contributed by atoms with Crippen molar-refractivity contribution in [3.8, 4) is 0 Å². The molecule has 0 fully saturated rings. The largest absolute Gasteiger partial charge is 0.481 e. The van der Waals surface area contributed by atoms with E-state index in [0.29, 0.717) is 24.2 Å². The van der Waals surface area contributed by atoms with Gasteiger partial charge in [0.05, 0.1) is 18.6 Å². The van der Waals surface area contributed by atoms with Gasteiger partial charge < -0.3 is 14.9 Å². The first-order chi connectivity index (χ1) is 11.4. The van der Waals surface area contributed by atoms with Crippen LogP contribution in [0.2, 0.25) is 0 Å². The lowest BCUT2D eigenvalue weighted by molar-refractivity contribution is -0.138. The van der Waals surface area contributed by atoms with E-state index in [2.05, 4.69) is 25.2 Å². The minimum atomic E-state index is -1.49. The molecule has 136 valence electrons. The number of allylic oxidation sites excluding steroid dienone is 3. The third kappa shape index (κ3) is 4.90. The summed E-state index contributed by atoms with van der Waals surface area (Å²) in [5, 5.41) is 18.7. The van der Waals surface area contributed by atoms with E-state index in [1.807, 2.05) is 0 Å². The molecular weight excluding hydrogens is 311 g/mol. The van der Waals surface area contributed by atoms with Gasteiger partial charge in [-0.2, -0.15) is 0 Å². The minimum Gasteiger partial charge on any atom is -0.481 e. The number of alkyl halides is 1. The second-order valence-corrected chi connectivity index (χ2v) is 7.13. The van der Waals surface area contributed by atoms with Gasteiger partial charge in [0.1, 0.15) is 6.17 Å². The Morgan fingerprint density at radius 3 is 2.92 bits per heavy atom. The molecule has 4 nitrogen and oxygen atoms in total. The molecule has 0 aliphatic heterocycles. The van der Waals surface area contributed by atoms with Crippen LogP contribution < -0.4 is 0 Å². The summed E-state index contributed by atoms with van der Waals surface area (Å²) in [6.45, 7) is 2.17. The Hall–Kier alpha value is -1.20. The molecule has 0 aromatic carbocycles. The maximum Gasteiger partial charge on any atom is 0.306 e. The van der Waals surface area contributed by atoms with Gasteiger partial charge in [0.15, 0.2) is 0 Å². The highest BCUT2D eigenvalue weighted by Crippen LogP contribution is 2.43. The number of carboxylic acid groups (broad SMARTS) is 1. The zero-order chi connectivity index (χ0) is 17.7. The average molecular weight is 340 g/mol. The summed E-state index contributed by atoms with van der Waals surface area (Å²) < 4.78 is 19.2. The molecule has 2 aliphatic carbocycles. The molecule has 0 radical (unpaired) electrons. The van der Waals surface area contributed by atoms with E-state index in [0.717, 1.165) is 19.3 Å². The number of halogens is 1. The average Bonchev–Trinajstić information content (AvgIpc) is 2.52. The molecule has 2 rings (SSSR count). The highest BCUT2D eigenvalue weighted by atomic mass is 19.1. The van der Waals surface area contributed by atoms with Gasteiger partial charge in [0.25, 0.3) is 0 Å². The first-order valence-corrected chi connectivity index (χ1v) is 8.87. The smallest absolute Gasteiger partial charge is 0.306 e. The lowest BCUT2D eigenvalue weighted by Crippen LogP contribution is -2.38. The van der Waals surface area contributed by atoms with E-state index in [-0.39, 0.29) is 12.5 Å². The quantitative estimate of drug-likeness (QED) is 0.710. The summed E-state index contributed by atoms with van der Waals surface area (Å²) in [5.41, 5.74) is 1.32. The third-order valence-electron chi connectivity index (χ3n) is 5.41. The predicted octanol–water partition coefficient (Wildman–Crippen LogP) is 3.50. The number of carboxylic acids is 1. The van der Waals surface area contributed by atoms with Crippen LogP contribution in [0.25, 0.3) is 0 Å². The Morgan fingerprint density at radius 1 is 1.50 bits per heavy atom. The molecule has 0 spiro atoms. The molecule has 6 atom stereocenters. The topological polar surface area (TPSA) is 66.8 Å². The number of rotatable bonds is 8. The molecule has 0 bridgehead atoms. The van der Waals surface area contributed by atoms with Crippen molar-refractivity contribution in [2.45, 2.75) is 63.8 Å². The van der Waals surface area contributed by atoms with Gasteiger partial charge in [-0.15, -0.1) is 0 Å². The van der Waals surface area contributed by atoms with E-state index in [1.54, 1.807) is 7.11 Å². The second kappa shape index (κ2) is 8.77. The van der Waals surface area contributed by atoms with Crippen LogP contribution in [0.1, 0.15) is 45.4 Å². The fourth-order valence-electron chi connectivity index (χ4n) is 4.16. The lowest BCUT2D eigenvalue weighted by Gasteiger charge is -2.41. The zero-order valence-electron chi connectivity index (χ0n) is 14.5. The molecule has 0 amide bonds. The van der Waals surface area contributed by atoms with Gasteiger partial charge in [0.2, 0.25) is 0 Å². The van der Waals surface area contributed by atoms with Crippen molar-refractivity contribution in [2.24, 2.45) is 17.8 Å². The maximum atomic E-state index is 13.6. The van der Waals surface area contributed by atoms with E-state index in [1.165, 1.54) is 5.57 Å². The van der Waals surface area contributed by atoms with Gasteiger partial charge in [-0.05, 0) is 43.1 Å². The Labute approximate surface area is 143 Å². The first-order valence-electron chi connectivity index (χ1n) is 8.87. The Bertz CT molecular complexity index is 488. The third-order valence-corrected chi connectivity index (χ3v) is 5.41. The van der Waals surface area contributed by atoms with Gasteiger partial charge in [-0.1, -0.05) is 25.2 Å². The van der Waals surface area contributed by atoms with Crippen molar-refractivity contribution >= 4 is 5.97 Å². The van der Waals surface area contributed by atoms with Crippen molar-refractivity contribution < 1.29 is 24.1 Å². The van der Waals surface area contributed by atoms with Crippen LogP contribution in [0, 0.1) is 17.8 Å².